The molecule has 2 aromatic rings. The van der Waals surface area contributed by atoms with Crippen LogP contribution in [0.1, 0.15) is 18.4 Å². The molecule has 1 aromatic carbocycles. The molecule has 0 bridgehead atoms. The van der Waals surface area contributed by atoms with Crippen LogP contribution >= 0.6 is 0 Å². The summed E-state index contributed by atoms with van der Waals surface area (Å²) in [5, 5.41) is 4.53. The van der Waals surface area contributed by atoms with E-state index in [2.05, 4.69) is 28.3 Å². The van der Waals surface area contributed by atoms with Crippen molar-refractivity contribution >= 4 is 0 Å². The number of allylic oxidation sites excluding steroid dienone is 2. The average Bonchev–Trinajstić information content (AvgIpc) is 3.21. The third-order valence-corrected chi connectivity index (χ3v) is 5.07. The van der Waals surface area contributed by atoms with Crippen LogP contribution in [0.3, 0.4) is 0 Å². The number of methoxy groups -OCH3 is 1. The highest BCUT2D eigenvalue weighted by Crippen LogP contribution is 2.33. The molecule has 1 aliphatic heterocycles. The summed E-state index contributed by atoms with van der Waals surface area (Å²) in [6, 6.07) is 7.99. The summed E-state index contributed by atoms with van der Waals surface area (Å²) in [5.41, 5.74) is 2.25. The summed E-state index contributed by atoms with van der Waals surface area (Å²) in [5.74, 6) is 2.55. The summed E-state index contributed by atoms with van der Waals surface area (Å²) < 4.78 is 7.34. The molecule has 4 heteroatoms. The molecule has 0 spiro atoms. The van der Waals surface area contributed by atoms with Gasteiger partial charge >= 0.3 is 0 Å². The Balaban J connectivity index is 1.47. The van der Waals surface area contributed by atoms with Gasteiger partial charge in [-0.25, -0.2) is 4.68 Å². The van der Waals surface area contributed by atoms with Crippen LogP contribution in [0.15, 0.2) is 48.8 Å². The molecule has 0 amide bonds. The molecule has 0 N–H and O–H groups in total. The van der Waals surface area contributed by atoms with Gasteiger partial charge < -0.3 is 4.74 Å². The quantitative estimate of drug-likeness (QED) is 0.812. The van der Waals surface area contributed by atoms with Gasteiger partial charge in [0.25, 0.3) is 0 Å². The van der Waals surface area contributed by atoms with E-state index in [-0.39, 0.29) is 0 Å². The first kappa shape index (κ1) is 14.5. The van der Waals surface area contributed by atoms with Gasteiger partial charge in [0.15, 0.2) is 0 Å². The second kappa shape index (κ2) is 6.20. The molecule has 120 valence electrons. The van der Waals surface area contributed by atoms with Crippen LogP contribution in [0.2, 0.25) is 0 Å². The van der Waals surface area contributed by atoms with Crippen molar-refractivity contribution in [3.05, 3.63) is 54.4 Å². The molecule has 1 fully saturated rings. The van der Waals surface area contributed by atoms with Crippen LogP contribution in [0, 0.1) is 11.8 Å². The van der Waals surface area contributed by atoms with Crippen LogP contribution in [0.25, 0.3) is 5.69 Å². The lowest BCUT2D eigenvalue weighted by atomic mass is 9.86. The summed E-state index contributed by atoms with van der Waals surface area (Å²) in [6.45, 7) is 3.42. The zero-order chi connectivity index (χ0) is 15.6. The highest BCUT2D eigenvalue weighted by Gasteiger charge is 2.32. The highest BCUT2D eigenvalue weighted by molar-refractivity contribution is 5.46. The maximum absolute atomic E-state index is 5.43. The molecule has 1 aliphatic carbocycles. The zero-order valence-electron chi connectivity index (χ0n) is 13.6. The molecule has 2 atom stereocenters. The summed E-state index contributed by atoms with van der Waals surface area (Å²) in [4.78, 5) is 2.58. The van der Waals surface area contributed by atoms with Gasteiger partial charge in [-0.3, -0.25) is 4.90 Å². The molecule has 1 aromatic heterocycles. The van der Waals surface area contributed by atoms with Crippen molar-refractivity contribution in [2.75, 3.05) is 20.2 Å². The summed E-state index contributed by atoms with van der Waals surface area (Å²) in [6.07, 6.45) is 11.3. The van der Waals surface area contributed by atoms with Crippen molar-refractivity contribution in [2.24, 2.45) is 11.8 Å². The van der Waals surface area contributed by atoms with E-state index in [9.17, 15) is 0 Å². The number of rotatable bonds is 4. The van der Waals surface area contributed by atoms with Crippen molar-refractivity contribution in [3.63, 3.8) is 0 Å². The molecule has 4 rings (SSSR count). The number of aromatic nitrogens is 2. The molecule has 1 saturated heterocycles. The minimum Gasteiger partial charge on any atom is -0.494 e. The number of hydrogen-bond donors (Lipinski definition) is 0. The van der Waals surface area contributed by atoms with Gasteiger partial charge in [0.2, 0.25) is 0 Å². The second-order valence-electron chi connectivity index (χ2n) is 6.62. The number of hydrogen-bond acceptors (Lipinski definition) is 3. The minimum absolute atomic E-state index is 0.848. The van der Waals surface area contributed by atoms with Crippen molar-refractivity contribution in [2.45, 2.75) is 19.4 Å². The molecule has 2 aliphatic rings. The van der Waals surface area contributed by atoms with Crippen LogP contribution < -0.4 is 4.74 Å². The molecule has 4 nitrogen and oxygen atoms in total. The van der Waals surface area contributed by atoms with E-state index >= 15 is 0 Å². The fourth-order valence-corrected chi connectivity index (χ4v) is 3.89. The van der Waals surface area contributed by atoms with Crippen molar-refractivity contribution in [1.82, 2.24) is 14.7 Å². The average molecular weight is 309 g/mol. The van der Waals surface area contributed by atoms with Crippen molar-refractivity contribution in [3.8, 4) is 11.4 Å². The SMILES string of the molecule is COc1ccccc1-n1cc(CN2C[C@H]3CC=CC[C@H]3C2)cn1. The first-order chi connectivity index (χ1) is 11.3. The van der Waals surface area contributed by atoms with Gasteiger partial charge in [-0.05, 0) is 36.8 Å². The van der Waals surface area contributed by atoms with Crippen molar-refractivity contribution in [1.29, 1.82) is 0 Å². The fraction of sp³-hybridized carbons (Fsp3) is 0.421. The molecular formula is C19H23N3O. The van der Waals surface area contributed by atoms with E-state index < -0.39 is 0 Å². The topological polar surface area (TPSA) is 30.3 Å². The van der Waals surface area contributed by atoms with Crippen LogP contribution in [0.4, 0.5) is 0 Å². The lowest BCUT2D eigenvalue weighted by molar-refractivity contribution is 0.314. The minimum atomic E-state index is 0.848. The van der Waals surface area contributed by atoms with E-state index in [0.29, 0.717) is 0 Å². The van der Waals surface area contributed by atoms with Gasteiger partial charge in [-0.1, -0.05) is 24.3 Å². The molecule has 0 unspecified atom stereocenters. The summed E-state index contributed by atoms with van der Waals surface area (Å²) >= 11 is 0. The highest BCUT2D eigenvalue weighted by atomic mass is 16.5. The number of para-hydroxylation sites is 2. The van der Waals surface area contributed by atoms with Gasteiger partial charge in [-0.2, -0.15) is 5.10 Å². The Morgan fingerprint density at radius 2 is 1.87 bits per heavy atom. The van der Waals surface area contributed by atoms with E-state index in [1.165, 1.54) is 31.5 Å². The molecular weight excluding hydrogens is 286 g/mol. The Hall–Kier alpha value is -2.07. The normalized spacial score (nSPS) is 23.9. The van der Waals surface area contributed by atoms with E-state index in [0.717, 1.165) is 29.8 Å². The second-order valence-corrected chi connectivity index (χ2v) is 6.62. The fourth-order valence-electron chi connectivity index (χ4n) is 3.89. The zero-order valence-corrected chi connectivity index (χ0v) is 13.6. The van der Waals surface area contributed by atoms with E-state index in [1.807, 2.05) is 35.1 Å². The van der Waals surface area contributed by atoms with Gasteiger partial charge in [0.1, 0.15) is 11.4 Å². The predicted octanol–water partition coefficient (Wildman–Crippen LogP) is 3.28. The first-order valence-electron chi connectivity index (χ1n) is 8.38. The van der Waals surface area contributed by atoms with Crippen LogP contribution in [-0.4, -0.2) is 34.9 Å². The third kappa shape index (κ3) is 2.91. The molecule has 23 heavy (non-hydrogen) atoms. The van der Waals surface area contributed by atoms with Gasteiger partial charge in [0, 0.05) is 31.4 Å². The predicted molar refractivity (Wildman–Crippen MR) is 90.7 cm³/mol. The van der Waals surface area contributed by atoms with E-state index in [4.69, 9.17) is 4.74 Å². The Kier molecular flexibility index (Phi) is 3.92. The smallest absolute Gasteiger partial charge is 0.144 e. The molecule has 0 saturated carbocycles. The number of nitrogens with zero attached hydrogens (tertiary/aromatic N) is 3. The third-order valence-electron chi connectivity index (χ3n) is 5.07. The lowest BCUT2D eigenvalue weighted by Crippen LogP contribution is -2.20. The number of fused-ring (bicyclic) bond motifs is 1. The van der Waals surface area contributed by atoms with Crippen LogP contribution in [0.5, 0.6) is 5.75 Å². The standard InChI is InChI=1S/C19H23N3O/c1-23-19-9-5-4-8-18(19)22-12-15(10-20-22)11-21-13-16-6-2-3-7-17(16)14-21/h2-5,8-10,12,16-17H,6-7,11,13-14H2,1H3/t16-,17+. The number of benzene rings is 1. The Bertz CT molecular complexity index is 690. The lowest BCUT2D eigenvalue weighted by Gasteiger charge is -2.18. The first-order valence-corrected chi connectivity index (χ1v) is 8.38. The van der Waals surface area contributed by atoms with Crippen LogP contribution in [-0.2, 0) is 6.54 Å². The maximum atomic E-state index is 5.43. The number of likely N-dealkylation sites (tertiary alicyclic amines) is 1. The Morgan fingerprint density at radius 1 is 1.13 bits per heavy atom. The van der Waals surface area contributed by atoms with Crippen molar-refractivity contribution < 1.29 is 4.74 Å². The largest absolute Gasteiger partial charge is 0.494 e. The van der Waals surface area contributed by atoms with Gasteiger partial charge in [0.05, 0.1) is 13.3 Å². The Morgan fingerprint density at radius 3 is 2.61 bits per heavy atom. The number of ether oxygens (including phenoxy) is 1. The summed E-state index contributed by atoms with van der Waals surface area (Å²) in [7, 11) is 1.70. The maximum Gasteiger partial charge on any atom is 0.144 e. The monoisotopic (exact) mass is 309 g/mol. The molecule has 2 heterocycles. The Labute approximate surface area is 137 Å². The van der Waals surface area contributed by atoms with Gasteiger partial charge in [-0.15, -0.1) is 0 Å². The van der Waals surface area contributed by atoms with E-state index in [1.54, 1.807) is 7.11 Å². The molecule has 0 radical (unpaired) electrons.